The lowest BCUT2D eigenvalue weighted by Gasteiger charge is -2.47. The van der Waals surface area contributed by atoms with Gasteiger partial charge in [0.05, 0.1) is 11.0 Å². The van der Waals surface area contributed by atoms with Gasteiger partial charge in [0.15, 0.2) is 8.32 Å². The van der Waals surface area contributed by atoms with E-state index in [4.69, 9.17) is 18.6 Å². The molecule has 2 fully saturated rings. The molecule has 36 heavy (non-hydrogen) atoms. The van der Waals surface area contributed by atoms with Crippen molar-refractivity contribution in [2.45, 2.75) is 143 Å². The van der Waals surface area contributed by atoms with Crippen LogP contribution in [0, 0.1) is 16.7 Å². The minimum atomic E-state index is -1.91. The predicted octanol–water partition coefficient (Wildman–Crippen LogP) is 8.04. The van der Waals surface area contributed by atoms with Gasteiger partial charge in [-0.05, 0) is 108 Å². The second kappa shape index (κ2) is 11.6. The number of carbonyl (C=O) groups excluding carboxylic acids is 1. The van der Waals surface area contributed by atoms with Crippen LogP contribution in [0.3, 0.4) is 0 Å². The van der Waals surface area contributed by atoms with Crippen LogP contribution in [-0.2, 0) is 23.4 Å². The number of esters is 1. The molecule has 0 spiro atoms. The Bertz CT molecular complexity index is 773. The van der Waals surface area contributed by atoms with Crippen LogP contribution in [0.1, 0.15) is 107 Å². The maximum Gasteiger partial charge on any atom is 0.311 e. The van der Waals surface area contributed by atoms with Crippen molar-refractivity contribution < 1.29 is 23.4 Å². The van der Waals surface area contributed by atoms with Gasteiger partial charge in [0, 0.05) is 13.2 Å². The van der Waals surface area contributed by atoms with Gasteiger partial charge >= 0.3 is 5.97 Å². The zero-order valence-electron chi connectivity index (χ0n) is 25.5. The van der Waals surface area contributed by atoms with Gasteiger partial charge in [0.1, 0.15) is 12.9 Å². The van der Waals surface area contributed by atoms with Gasteiger partial charge in [-0.2, -0.15) is 0 Å². The second-order valence-corrected chi connectivity index (χ2v) is 19.3. The highest BCUT2D eigenvalue weighted by molar-refractivity contribution is 6.74. The number of rotatable bonds is 10. The van der Waals surface area contributed by atoms with Crippen molar-refractivity contribution >= 4 is 14.3 Å². The van der Waals surface area contributed by atoms with E-state index >= 15 is 0 Å². The molecule has 0 heterocycles. The van der Waals surface area contributed by atoms with E-state index in [0.717, 1.165) is 44.9 Å². The summed E-state index contributed by atoms with van der Waals surface area (Å²) in [5.74, 6) is 0.266. The molecule has 2 aliphatic rings. The summed E-state index contributed by atoms with van der Waals surface area (Å²) in [6, 6.07) is 0. The largest absolute Gasteiger partial charge is 0.457 e. The standard InChI is InChI=1S/C30H56O5Si/c1-27(2,3)26(31)34-25-20-23-24(35-36(11,12)28(4,5)6)17-15-19-30(23,9)22(25)16-13-14-18-29(7,8)33-21-32-10/h16,23-25H,13-15,17-21H2,1-12H3/b22-16+/t23-,24-,25+,30+/m0/s1. The molecule has 0 aromatic heterocycles. The van der Waals surface area contributed by atoms with E-state index in [0.29, 0.717) is 12.7 Å². The van der Waals surface area contributed by atoms with E-state index < -0.39 is 13.7 Å². The minimum absolute atomic E-state index is 0.0101. The molecule has 0 bridgehead atoms. The number of carbonyl (C=O) groups is 1. The van der Waals surface area contributed by atoms with E-state index in [1.165, 1.54) is 5.57 Å². The number of ether oxygens (including phenoxy) is 3. The van der Waals surface area contributed by atoms with Gasteiger partial charge in [0.2, 0.25) is 0 Å². The van der Waals surface area contributed by atoms with Gasteiger partial charge in [-0.3, -0.25) is 4.79 Å². The van der Waals surface area contributed by atoms with Crippen LogP contribution in [0.15, 0.2) is 11.6 Å². The molecule has 2 rings (SSSR count). The topological polar surface area (TPSA) is 54.0 Å². The average molecular weight is 525 g/mol. The highest BCUT2D eigenvalue weighted by Crippen LogP contribution is 2.58. The quantitative estimate of drug-likeness (QED) is 0.0951. The molecular weight excluding hydrogens is 468 g/mol. The summed E-state index contributed by atoms with van der Waals surface area (Å²) in [6.07, 6.45) is 9.64. The normalized spacial score (nSPS) is 28.9. The fourth-order valence-corrected chi connectivity index (χ4v) is 6.91. The Labute approximate surface area is 223 Å². The Hall–Kier alpha value is -0.693. The molecular formula is C30H56O5Si. The molecule has 0 radical (unpaired) electrons. The third-order valence-electron chi connectivity index (χ3n) is 8.95. The first-order chi connectivity index (χ1) is 16.3. The van der Waals surface area contributed by atoms with Crippen LogP contribution in [0.4, 0.5) is 0 Å². The van der Waals surface area contributed by atoms with Crippen molar-refractivity contribution in [3.8, 4) is 0 Å². The van der Waals surface area contributed by atoms with Crippen molar-refractivity contribution in [2.24, 2.45) is 16.7 Å². The number of fused-ring (bicyclic) bond motifs is 1. The third kappa shape index (κ3) is 7.67. The smallest absolute Gasteiger partial charge is 0.311 e. The summed E-state index contributed by atoms with van der Waals surface area (Å²) >= 11 is 0. The highest BCUT2D eigenvalue weighted by Gasteiger charge is 2.55. The van der Waals surface area contributed by atoms with Crippen molar-refractivity contribution in [1.82, 2.24) is 0 Å². The molecule has 5 nitrogen and oxygen atoms in total. The van der Waals surface area contributed by atoms with Crippen LogP contribution >= 0.6 is 0 Å². The SMILES string of the molecule is COCOC(C)(C)CCC/C=C1\[C@H](OC(=O)C(C)(C)C)C[C@H]2[C@@H](O[Si](C)(C)C(C)(C)C)CCC[C@]12C. The second-order valence-electron chi connectivity index (χ2n) is 14.6. The summed E-state index contributed by atoms with van der Waals surface area (Å²) in [5.41, 5.74) is 0.599. The molecule has 0 aliphatic heterocycles. The summed E-state index contributed by atoms with van der Waals surface area (Å²) in [5, 5.41) is 0.175. The van der Waals surface area contributed by atoms with E-state index in [9.17, 15) is 4.79 Å². The van der Waals surface area contributed by atoms with Gasteiger partial charge in [-0.25, -0.2) is 0 Å². The van der Waals surface area contributed by atoms with Gasteiger partial charge < -0.3 is 18.6 Å². The van der Waals surface area contributed by atoms with E-state index in [-0.39, 0.29) is 34.2 Å². The summed E-state index contributed by atoms with van der Waals surface area (Å²) in [7, 11) is -0.250. The maximum atomic E-state index is 13.0. The van der Waals surface area contributed by atoms with Crippen molar-refractivity contribution in [1.29, 1.82) is 0 Å². The molecule has 6 heteroatoms. The first kappa shape index (κ1) is 31.5. The summed E-state index contributed by atoms with van der Waals surface area (Å²) in [4.78, 5) is 13.0. The molecule has 0 aromatic carbocycles. The van der Waals surface area contributed by atoms with E-state index in [1.807, 2.05) is 20.8 Å². The molecule has 0 aromatic rings. The zero-order valence-corrected chi connectivity index (χ0v) is 26.5. The first-order valence-electron chi connectivity index (χ1n) is 14.1. The highest BCUT2D eigenvalue weighted by atomic mass is 28.4. The average Bonchev–Trinajstić information content (AvgIpc) is 3.00. The minimum Gasteiger partial charge on any atom is -0.457 e. The first-order valence-corrected chi connectivity index (χ1v) is 17.0. The van der Waals surface area contributed by atoms with Crippen molar-refractivity contribution in [3.05, 3.63) is 11.6 Å². The molecule has 0 amide bonds. The third-order valence-corrected chi connectivity index (χ3v) is 13.5. The Morgan fingerprint density at radius 3 is 2.31 bits per heavy atom. The fraction of sp³-hybridized carbons (Fsp3) is 0.900. The van der Waals surface area contributed by atoms with Crippen molar-refractivity contribution in [3.63, 3.8) is 0 Å². The van der Waals surface area contributed by atoms with Crippen LogP contribution in [0.25, 0.3) is 0 Å². The number of hydrogen-bond donors (Lipinski definition) is 0. The van der Waals surface area contributed by atoms with Crippen LogP contribution < -0.4 is 0 Å². The molecule has 2 saturated carbocycles. The van der Waals surface area contributed by atoms with Crippen LogP contribution in [-0.4, -0.2) is 46.0 Å². The predicted molar refractivity (Wildman–Crippen MR) is 150 cm³/mol. The lowest BCUT2D eigenvalue weighted by atomic mass is 9.66. The monoisotopic (exact) mass is 524 g/mol. The Morgan fingerprint density at radius 1 is 1.11 bits per heavy atom. The van der Waals surface area contributed by atoms with Crippen LogP contribution in [0.2, 0.25) is 18.1 Å². The van der Waals surface area contributed by atoms with E-state index in [2.05, 4.69) is 60.7 Å². The lowest BCUT2D eigenvalue weighted by Crippen LogP contribution is -2.49. The summed E-state index contributed by atoms with van der Waals surface area (Å²) < 4.78 is 24.2. The number of unbranched alkanes of at least 4 members (excludes halogenated alkanes) is 1. The molecule has 4 atom stereocenters. The molecule has 0 N–H and O–H groups in total. The molecule has 210 valence electrons. The zero-order chi connectivity index (χ0) is 27.6. The van der Waals surface area contributed by atoms with E-state index in [1.54, 1.807) is 7.11 Å². The van der Waals surface area contributed by atoms with Gasteiger partial charge in [-0.1, -0.05) is 40.2 Å². The molecule has 0 unspecified atom stereocenters. The molecule has 0 saturated heterocycles. The van der Waals surface area contributed by atoms with Gasteiger partial charge in [0.25, 0.3) is 0 Å². The number of methoxy groups -OCH3 is 1. The number of hydrogen-bond acceptors (Lipinski definition) is 5. The maximum absolute atomic E-state index is 13.0. The Balaban J connectivity index is 2.28. The number of allylic oxidation sites excluding steroid dienone is 1. The summed E-state index contributed by atoms with van der Waals surface area (Å²) in [6.45, 7) is 24.4. The lowest BCUT2D eigenvalue weighted by molar-refractivity contribution is -0.156. The molecule has 2 aliphatic carbocycles. The van der Waals surface area contributed by atoms with Crippen LogP contribution in [0.5, 0.6) is 0 Å². The Morgan fingerprint density at radius 2 is 1.75 bits per heavy atom. The van der Waals surface area contributed by atoms with Gasteiger partial charge in [-0.15, -0.1) is 0 Å². The van der Waals surface area contributed by atoms with Crippen molar-refractivity contribution in [2.75, 3.05) is 13.9 Å². The Kier molecular flexibility index (Phi) is 10.1. The fourth-order valence-electron chi connectivity index (χ4n) is 5.52.